The second-order valence-electron chi connectivity index (χ2n) is 5.95. The number of amides is 1. The largest absolute Gasteiger partial charge is 0.491 e. The Balaban J connectivity index is 1.75. The predicted molar refractivity (Wildman–Crippen MR) is 104 cm³/mol. The van der Waals surface area contributed by atoms with E-state index < -0.39 is 10.8 Å². The van der Waals surface area contributed by atoms with Gasteiger partial charge in [0, 0.05) is 12.3 Å². The van der Waals surface area contributed by atoms with Gasteiger partial charge in [-0.15, -0.1) is 0 Å². The highest BCUT2D eigenvalue weighted by molar-refractivity contribution is 7.19. The zero-order valence-corrected chi connectivity index (χ0v) is 15.5. The third kappa shape index (κ3) is 4.48. The summed E-state index contributed by atoms with van der Waals surface area (Å²) in [6.45, 7) is 3.92. The van der Waals surface area contributed by atoms with Gasteiger partial charge in [0.1, 0.15) is 11.3 Å². The maximum Gasteiger partial charge on any atom is 0.282 e. The molecule has 0 spiro atoms. The first kappa shape index (κ1) is 18.5. The van der Waals surface area contributed by atoms with Crippen molar-refractivity contribution in [3.05, 3.63) is 70.4 Å². The molecule has 3 rings (SSSR count). The molecular weight excluding hydrogens is 366 g/mol. The first-order valence-electron chi connectivity index (χ1n) is 8.21. The second kappa shape index (κ2) is 7.96. The van der Waals surface area contributed by atoms with Crippen molar-refractivity contribution < 1.29 is 14.5 Å². The Bertz CT molecular complexity index is 967. The molecule has 0 unspecified atom stereocenters. The van der Waals surface area contributed by atoms with Crippen molar-refractivity contribution in [2.24, 2.45) is 0 Å². The number of carbonyl (C=O) groups excluding carboxylic acids is 1. The molecule has 27 heavy (non-hydrogen) atoms. The molecule has 2 aromatic carbocycles. The molecular formula is C19H17N3O4S. The number of para-hydroxylation sites is 1. The number of benzene rings is 2. The number of nitro benzene ring substituents is 1. The third-order valence-corrected chi connectivity index (χ3v) is 4.54. The van der Waals surface area contributed by atoms with Gasteiger partial charge in [-0.1, -0.05) is 23.5 Å². The fraction of sp³-hybridized carbons (Fsp3) is 0.158. The van der Waals surface area contributed by atoms with Crippen molar-refractivity contribution >= 4 is 28.1 Å². The van der Waals surface area contributed by atoms with Crippen LogP contribution in [0.15, 0.2) is 54.7 Å². The zero-order chi connectivity index (χ0) is 19.4. The number of rotatable bonds is 6. The van der Waals surface area contributed by atoms with Crippen molar-refractivity contribution in [2.75, 3.05) is 5.32 Å². The van der Waals surface area contributed by atoms with Crippen LogP contribution in [0, 0.1) is 10.1 Å². The fourth-order valence-corrected chi connectivity index (χ4v) is 3.24. The number of ether oxygens (including phenoxy) is 1. The summed E-state index contributed by atoms with van der Waals surface area (Å²) in [5.41, 5.74) is 0.691. The van der Waals surface area contributed by atoms with Crippen LogP contribution in [0.2, 0.25) is 0 Å². The van der Waals surface area contributed by atoms with Gasteiger partial charge in [-0.05, 0) is 49.7 Å². The van der Waals surface area contributed by atoms with E-state index in [-0.39, 0.29) is 17.4 Å². The third-order valence-electron chi connectivity index (χ3n) is 3.58. The molecule has 1 aromatic heterocycles. The summed E-state index contributed by atoms with van der Waals surface area (Å²) in [7, 11) is 0. The lowest BCUT2D eigenvalue weighted by atomic mass is 10.1. The van der Waals surface area contributed by atoms with E-state index in [0.29, 0.717) is 5.13 Å². The van der Waals surface area contributed by atoms with Gasteiger partial charge in [0.05, 0.1) is 15.9 Å². The van der Waals surface area contributed by atoms with Gasteiger partial charge in [-0.2, -0.15) is 0 Å². The molecule has 0 bridgehead atoms. The molecule has 138 valence electrons. The van der Waals surface area contributed by atoms with Crippen molar-refractivity contribution in [1.82, 2.24) is 4.98 Å². The lowest BCUT2D eigenvalue weighted by Crippen LogP contribution is -2.13. The average Bonchev–Trinajstić information content (AvgIpc) is 3.10. The molecule has 3 aromatic rings. The van der Waals surface area contributed by atoms with Crippen molar-refractivity contribution in [1.29, 1.82) is 0 Å². The number of carbonyl (C=O) groups is 1. The Labute approximate surface area is 159 Å². The minimum absolute atomic E-state index is 0.00515. The first-order valence-corrected chi connectivity index (χ1v) is 9.03. The number of thiazole rings is 1. The van der Waals surface area contributed by atoms with E-state index in [9.17, 15) is 14.9 Å². The van der Waals surface area contributed by atoms with Gasteiger partial charge in [0.25, 0.3) is 11.6 Å². The van der Waals surface area contributed by atoms with Crippen LogP contribution in [-0.2, 0) is 0 Å². The second-order valence-corrected chi connectivity index (χ2v) is 6.98. The van der Waals surface area contributed by atoms with Crippen LogP contribution in [0.5, 0.6) is 5.75 Å². The SMILES string of the molecule is CC(C)Oc1ccc(-c2cnc(NC(=O)c3ccccc3[N+](=O)[O-])s2)cc1. The number of aromatic nitrogens is 1. The zero-order valence-electron chi connectivity index (χ0n) is 14.7. The average molecular weight is 383 g/mol. The molecule has 0 fully saturated rings. The minimum atomic E-state index is -0.580. The molecule has 0 atom stereocenters. The highest BCUT2D eigenvalue weighted by atomic mass is 32.1. The molecule has 0 saturated carbocycles. The number of nitrogens with zero attached hydrogens (tertiary/aromatic N) is 2. The molecule has 1 heterocycles. The number of anilines is 1. The summed E-state index contributed by atoms with van der Waals surface area (Å²) >= 11 is 1.29. The monoisotopic (exact) mass is 383 g/mol. The molecule has 7 nitrogen and oxygen atoms in total. The smallest absolute Gasteiger partial charge is 0.282 e. The van der Waals surface area contributed by atoms with Crippen LogP contribution in [0.1, 0.15) is 24.2 Å². The van der Waals surface area contributed by atoms with E-state index in [2.05, 4.69) is 10.3 Å². The molecule has 8 heteroatoms. The summed E-state index contributed by atoms with van der Waals surface area (Å²) < 4.78 is 5.62. The summed E-state index contributed by atoms with van der Waals surface area (Å²) in [6.07, 6.45) is 1.75. The quantitative estimate of drug-likeness (QED) is 0.489. The van der Waals surface area contributed by atoms with Gasteiger partial charge < -0.3 is 4.74 Å². The van der Waals surface area contributed by atoms with Crippen LogP contribution in [0.25, 0.3) is 10.4 Å². The summed E-state index contributed by atoms with van der Waals surface area (Å²) in [5.74, 6) is 0.215. The Morgan fingerprint density at radius 1 is 1.19 bits per heavy atom. The van der Waals surface area contributed by atoms with Gasteiger partial charge in [-0.3, -0.25) is 20.2 Å². The highest BCUT2D eigenvalue weighted by Crippen LogP contribution is 2.31. The predicted octanol–water partition coefficient (Wildman–Crippen LogP) is 4.76. The van der Waals surface area contributed by atoms with Gasteiger partial charge in [0.2, 0.25) is 0 Å². The number of hydrogen-bond acceptors (Lipinski definition) is 6. The maximum absolute atomic E-state index is 12.4. The number of nitro groups is 1. The Morgan fingerprint density at radius 2 is 1.89 bits per heavy atom. The summed E-state index contributed by atoms with van der Waals surface area (Å²) in [6, 6.07) is 13.4. The summed E-state index contributed by atoms with van der Waals surface area (Å²) in [4.78, 5) is 27.9. The Morgan fingerprint density at radius 3 is 2.56 bits per heavy atom. The van der Waals surface area contributed by atoms with E-state index in [1.54, 1.807) is 12.3 Å². The van der Waals surface area contributed by atoms with Crippen LogP contribution < -0.4 is 10.1 Å². The highest BCUT2D eigenvalue weighted by Gasteiger charge is 2.20. The van der Waals surface area contributed by atoms with Crippen LogP contribution >= 0.6 is 11.3 Å². The molecule has 0 saturated heterocycles. The molecule has 0 radical (unpaired) electrons. The van der Waals surface area contributed by atoms with E-state index in [0.717, 1.165) is 16.2 Å². The maximum atomic E-state index is 12.4. The van der Waals surface area contributed by atoms with E-state index in [4.69, 9.17) is 4.74 Å². The minimum Gasteiger partial charge on any atom is -0.491 e. The number of nitrogens with one attached hydrogen (secondary N) is 1. The first-order chi connectivity index (χ1) is 12.9. The Kier molecular flexibility index (Phi) is 5.46. The van der Waals surface area contributed by atoms with Crippen molar-refractivity contribution in [3.63, 3.8) is 0 Å². The number of hydrogen-bond donors (Lipinski definition) is 1. The lowest BCUT2D eigenvalue weighted by Gasteiger charge is -2.09. The van der Waals surface area contributed by atoms with E-state index in [1.165, 1.54) is 29.5 Å². The fourth-order valence-electron chi connectivity index (χ4n) is 2.42. The molecule has 0 aliphatic carbocycles. The molecule has 0 aliphatic rings. The normalized spacial score (nSPS) is 10.6. The van der Waals surface area contributed by atoms with Crippen LogP contribution in [0.4, 0.5) is 10.8 Å². The van der Waals surface area contributed by atoms with Gasteiger partial charge in [-0.25, -0.2) is 4.98 Å². The van der Waals surface area contributed by atoms with E-state index >= 15 is 0 Å². The Hall–Kier alpha value is -3.26. The molecule has 1 amide bonds. The van der Waals surface area contributed by atoms with E-state index in [1.807, 2.05) is 38.1 Å². The van der Waals surface area contributed by atoms with Crippen LogP contribution in [0.3, 0.4) is 0 Å². The lowest BCUT2D eigenvalue weighted by molar-refractivity contribution is -0.385. The summed E-state index contributed by atoms with van der Waals surface area (Å²) in [5, 5.41) is 14.1. The van der Waals surface area contributed by atoms with Gasteiger partial charge >= 0.3 is 0 Å². The van der Waals surface area contributed by atoms with Crippen molar-refractivity contribution in [2.45, 2.75) is 20.0 Å². The van der Waals surface area contributed by atoms with Gasteiger partial charge in [0.15, 0.2) is 5.13 Å². The molecule has 1 N–H and O–H groups in total. The molecule has 0 aliphatic heterocycles. The van der Waals surface area contributed by atoms with Crippen LogP contribution in [-0.4, -0.2) is 21.9 Å². The van der Waals surface area contributed by atoms with Crippen molar-refractivity contribution in [3.8, 4) is 16.2 Å². The standard InChI is InChI=1S/C19H17N3O4S/c1-12(2)26-14-9-7-13(8-10-14)17-11-20-19(27-17)21-18(23)15-5-3-4-6-16(15)22(24)25/h3-12H,1-2H3,(H,20,21,23). The topological polar surface area (TPSA) is 94.4 Å².